The van der Waals surface area contributed by atoms with Gasteiger partial charge in [0, 0.05) is 31.6 Å². The Kier molecular flexibility index (Phi) is 7.31. The molecular formula is C22H33N3O3. The molecule has 2 fully saturated rings. The van der Waals surface area contributed by atoms with Gasteiger partial charge in [-0.3, -0.25) is 9.59 Å². The molecule has 0 spiro atoms. The third-order valence-electron chi connectivity index (χ3n) is 5.59. The van der Waals surface area contributed by atoms with Gasteiger partial charge >= 0.3 is 0 Å². The van der Waals surface area contributed by atoms with Crippen LogP contribution in [-0.4, -0.2) is 49.0 Å². The van der Waals surface area contributed by atoms with Crippen LogP contribution < -0.4 is 15.4 Å². The molecule has 1 aromatic carbocycles. The monoisotopic (exact) mass is 387 g/mol. The summed E-state index contributed by atoms with van der Waals surface area (Å²) in [5.74, 6) is 1.54. The van der Waals surface area contributed by atoms with Crippen LogP contribution in [0, 0.1) is 5.92 Å². The van der Waals surface area contributed by atoms with Crippen molar-refractivity contribution in [3.63, 3.8) is 0 Å². The van der Waals surface area contributed by atoms with E-state index < -0.39 is 0 Å². The third-order valence-corrected chi connectivity index (χ3v) is 5.59. The molecule has 1 aromatic rings. The number of para-hydroxylation sites is 1. The molecule has 3 rings (SSSR count). The third kappa shape index (κ3) is 5.96. The first-order valence-electron chi connectivity index (χ1n) is 10.6. The number of carbonyl (C=O) groups is 2. The number of amides is 2. The number of benzene rings is 1. The minimum absolute atomic E-state index is 0.0886. The van der Waals surface area contributed by atoms with Crippen LogP contribution in [0.25, 0.3) is 0 Å². The van der Waals surface area contributed by atoms with E-state index in [1.807, 2.05) is 36.1 Å². The Morgan fingerprint density at radius 1 is 1.18 bits per heavy atom. The highest BCUT2D eigenvalue weighted by Gasteiger charge is 2.28. The van der Waals surface area contributed by atoms with E-state index in [0.717, 1.165) is 49.7 Å². The average molecular weight is 388 g/mol. The van der Waals surface area contributed by atoms with Gasteiger partial charge in [-0.2, -0.15) is 0 Å². The molecule has 2 N–H and O–H groups in total. The second kappa shape index (κ2) is 9.92. The molecule has 6 nitrogen and oxygen atoms in total. The number of rotatable bonds is 9. The van der Waals surface area contributed by atoms with Crippen LogP contribution in [-0.2, 0) is 9.59 Å². The van der Waals surface area contributed by atoms with Gasteiger partial charge in [0.1, 0.15) is 5.75 Å². The summed E-state index contributed by atoms with van der Waals surface area (Å²) in [6, 6.07) is 7.77. The molecule has 1 saturated carbocycles. The van der Waals surface area contributed by atoms with Crippen molar-refractivity contribution in [1.29, 1.82) is 0 Å². The van der Waals surface area contributed by atoms with Crippen molar-refractivity contribution in [2.75, 3.05) is 26.2 Å². The lowest BCUT2D eigenvalue weighted by molar-refractivity contribution is -0.133. The van der Waals surface area contributed by atoms with Crippen LogP contribution in [0.3, 0.4) is 0 Å². The Morgan fingerprint density at radius 2 is 1.89 bits per heavy atom. The molecular weight excluding hydrogens is 354 g/mol. The Balaban J connectivity index is 1.58. The van der Waals surface area contributed by atoms with Crippen molar-refractivity contribution in [2.24, 2.45) is 5.92 Å². The maximum atomic E-state index is 12.9. The topological polar surface area (TPSA) is 70.7 Å². The molecule has 2 amide bonds. The maximum Gasteiger partial charge on any atom is 0.224 e. The molecule has 1 atom stereocenters. The molecule has 6 heteroatoms. The summed E-state index contributed by atoms with van der Waals surface area (Å²) in [5, 5.41) is 6.58. The zero-order valence-electron chi connectivity index (χ0n) is 17.1. The Bertz CT molecular complexity index is 667. The van der Waals surface area contributed by atoms with Gasteiger partial charge in [-0.1, -0.05) is 18.2 Å². The van der Waals surface area contributed by atoms with Crippen LogP contribution in [0.5, 0.6) is 5.75 Å². The van der Waals surface area contributed by atoms with E-state index in [1.54, 1.807) is 0 Å². The molecule has 1 aliphatic carbocycles. The highest BCUT2D eigenvalue weighted by atomic mass is 16.5. The zero-order valence-corrected chi connectivity index (χ0v) is 17.1. The molecule has 0 aromatic heterocycles. The average Bonchev–Trinajstić information content (AvgIpc) is 3.51. The van der Waals surface area contributed by atoms with Gasteiger partial charge in [0.25, 0.3) is 0 Å². The van der Waals surface area contributed by atoms with Crippen LogP contribution in [0.15, 0.2) is 24.3 Å². The molecule has 1 saturated heterocycles. The van der Waals surface area contributed by atoms with Gasteiger partial charge in [0.15, 0.2) is 0 Å². The second-order valence-corrected chi connectivity index (χ2v) is 7.93. The number of ether oxygens (including phenoxy) is 1. The fourth-order valence-electron chi connectivity index (χ4n) is 3.83. The lowest BCUT2D eigenvalue weighted by Gasteiger charge is -2.33. The number of hydrogen-bond acceptors (Lipinski definition) is 4. The SMILES string of the molecule is CCOc1ccccc1C(CC(=O)N1CCC(NCC2CC2)CC1)NC(C)=O. The summed E-state index contributed by atoms with van der Waals surface area (Å²) in [6.07, 6.45) is 4.97. The number of carbonyl (C=O) groups excluding carboxylic acids is 2. The quantitative estimate of drug-likeness (QED) is 0.683. The summed E-state index contributed by atoms with van der Waals surface area (Å²) < 4.78 is 5.71. The number of hydrogen-bond donors (Lipinski definition) is 2. The number of nitrogens with one attached hydrogen (secondary N) is 2. The first-order valence-corrected chi connectivity index (χ1v) is 10.6. The first kappa shape index (κ1) is 20.6. The number of likely N-dealkylation sites (tertiary alicyclic amines) is 1. The standard InChI is InChI=1S/C22H33N3O3/c1-3-28-21-7-5-4-6-19(21)20(24-16(2)26)14-22(27)25-12-10-18(11-13-25)23-15-17-8-9-17/h4-7,17-18,20,23H,3,8-15H2,1-2H3,(H,24,26). The highest BCUT2D eigenvalue weighted by molar-refractivity contribution is 5.79. The van der Waals surface area contributed by atoms with Crippen molar-refractivity contribution in [1.82, 2.24) is 15.5 Å². The van der Waals surface area contributed by atoms with E-state index >= 15 is 0 Å². The van der Waals surface area contributed by atoms with E-state index in [-0.39, 0.29) is 24.3 Å². The predicted molar refractivity (Wildman–Crippen MR) is 109 cm³/mol. The van der Waals surface area contributed by atoms with Gasteiger partial charge in [0.05, 0.1) is 19.1 Å². The molecule has 28 heavy (non-hydrogen) atoms. The molecule has 1 heterocycles. The molecule has 0 bridgehead atoms. The summed E-state index contributed by atoms with van der Waals surface area (Å²) in [4.78, 5) is 26.6. The van der Waals surface area contributed by atoms with Crippen LogP contribution in [0.2, 0.25) is 0 Å². The van der Waals surface area contributed by atoms with Crippen molar-refractivity contribution < 1.29 is 14.3 Å². The largest absolute Gasteiger partial charge is 0.494 e. The number of nitrogens with zero attached hydrogens (tertiary/aromatic N) is 1. The maximum absolute atomic E-state index is 12.9. The van der Waals surface area contributed by atoms with Gasteiger partial charge < -0.3 is 20.3 Å². The van der Waals surface area contributed by atoms with Crippen molar-refractivity contribution in [3.8, 4) is 5.75 Å². The van der Waals surface area contributed by atoms with Crippen LogP contribution in [0.4, 0.5) is 0 Å². The minimum atomic E-state index is -0.376. The summed E-state index contributed by atoms with van der Waals surface area (Å²) in [5.41, 5.74) is 0.855. The first-order chi connectivity index (χ1) is 13.6. The second-order valence-electron chi connectivity index (χ2n) is 7.93. The summed E-state index contributed by atoms with van der Waals surface area (Å²) >= 11 is 0. The lowest BCUT2D eigenvalue weighted by Crippen LogP contribution is -2.46. The van der Waals surface area contributed by atoms with Crippen molar-refractivity contribution in [2.45, 2.75) is 58.0 Å². The summed E-state index contributed by atoms with van der Waals surface area (Å²) in [7, 11) is 0. The van der Waals surface area contributed by atoms with Crippen molar-refractivity contribution in [3.05, 3.63) is 29.8 Å². The highest BCUT2D eigenvalue weighted by Crippen LogP contribution is 2.29. The van der Waals surface area contributed by atoms with Crippen LogP contribution >= 0.6 is 0 Å². The van der Waals surface area contributed by atoms with E-state index in [1.165, 1.54) is 19.8 Å². The van der Waals surface area contributed by atoms with Gasteiger partial charge in [0.2, 0.25) is 11.8 Å². The van der Waals surface area contributed by atoms with E-state index in [2.05, 4.69) is 10.6 Å². The van der Waals surface area contributed by atoms with Crippen molar-refractivity contribution >= 4 is 11.8 Å². The molecule has 1 aliphatic heterocycles. The van der Waals surface area contributed by atoms with Gasteiger partial charge in [-0.15, -0.1) is 0 Å². The minimum Gasteiger partial charge on any atom is -0.494 e. The lowest BCUT2D eigenvalue weighted by atomic mass is 9.99. The molecule has 0 radical (unpaired) electrons. The van der Waals surface area contributed by atoms with E-state index in [0.29, 0.717) is 12.6 Å². The molecule has 154 valence electrons. The normalized spacial score (nSPS) is 18.6. The Labute approximate surface area is 168 Å². The van der Waals surface area contributed by atoms with Gasteiger partial charge in [-0.25, -0.2) is 0 Å². The van der Waals surface area contributed by atoms with E-state index in [4.69, 9.17) is 4.74 Å². The van der Waals surface area contributed by atoms with Gasteiger partial charge in [-0.05, 0) is 51.1 Å². The van der Waals surface area contributed by atoms with Crippen LogP contribution in [0.1, 0.15) is 57.6 Å². The zero-order chi connectivity index (χ0) is 19.9. The molecule has 1 unspecified atom stereocenters. The number of piperidine rings is 1. The predicted octanol–water partition coefficient (Wildman–Crippen LogP) is 2.64. The smallest absolute Gasteiger partial charge is 0.224 e. The Hall–Kier alpha value is -2.08. The summed E-state index contributed by atoms with van der Waals surface area (Å²) in [6.45, 7) is 6.63. The fourth-order valence-corrected chi connectivity index (χ4v) is 3.83. The fraction of sp³-hybridized carbons (Fsp3) is 0.636. The Morgan fingerprint density at radius 3 is 2.54 bits per heavy atom. The molecule has 2 aliphatic rings. The van der Waals surface area contributed by atoms with E-state index in [9.17, 15) is 9.59 Å².